The summed E-state index contributed by atoms with van der Waals surface area (Å²) < 4.78 is 44.8. The SMILES string of the molecule is Cc1c(-c2ccnn2-c2ccc(C#N)cc2)n(CCCN(C)C)c(=O)n1-c1cccc(C(F)(F)F)c1. The van der Waals surface area contributed by atoms with Gasteiger partial charge in [-0.3, -0.25) is 9.13 Å². The molecule has 0 fully saturated rings. The summed E-state index contributed by atoms with van der Waals surface area (Å²) in [6.07, 6.45) is -2.26. The number of hydrogen-bond acceptors (Lipinski definition) is 4. The van der Waals surface area contributed by atoms with E-state index in [0.717, 1.165) is 18.7 Å². The van der Waals surface area contributed by atoms with Crippen molar-refractivity contribution in [2.75, 3.05) is 20.6 Å². The van der Waals surface area contributed by atoms with Gasteiger partial charge in [0.2, 0.25) is 0 Å². The molecule has 0 radical (unpaired) electrons. The van der Waals surface area contributed by atoms with Crippen LogP contribution >= 0.6 is 0 Å². The predicted octanol–water partition coefficient (Wildman–Crippen LogP) is 4.64. The second-order valence-corrected chi connectivity index (χ2v) is 8.70. The Kier molecular flexibility index (Phi) is 6.86. The lowest BCUT2D eigenvalue weighted by Gasteiger charge is -2.13. The summed E-state index contributed by atoms with van der Waals surface area (Å²) in [6, 6.07) is 15.5. The van der Waals surface area contributed by atoms with Crippen LogP contribution in [0.2, 0.25) is 0 Å². The third-order valence-electron chi connectivity index (χ3n) is 5.92. The lowest BCUT2D eigenvalue weighted by molar-refractivity contribution is -0.137. The van der Waals surface area contributed by atoms with Gasteiger partial charge >= 0.3 is 11.9 Å². The number of hydrogen-bond donors (Lipinski definition) is 0. The topological polar surface area (TPSA) is 71.8 Å². The van der Waals surface area contributed by atoms with Crippen molar-refractivity contribution in [1.29, 1.82) is 5.26 Å². The summed E-state index contributed by atoms with van der Waals surface area (Å²) in [7, 11) is 3.87. The van der Waals surface area contributed by atoms with E-state index in [0.29, 0.717) is 41.3 Å². The molecule has 0 saturated heterocycles. The van der Waals surface area contributed by atoms with Gasteiger partial charge in [-0.05, 0) is 82.5 Å². The molecule has 4 rings (SSSR count). The zero-order valence-electron chi connectivity index (χ0n) is 20.1. The van der Waals surface area contributed by atoms with Gasteiger partial charge in [-0.15, -0.1) is 0 Å². The maximum atomic E-state index is 13.6. The summed E-state index contributed by atoms with van der Waals surface area (Å²) in [6.45, 7) is 2.82. The molecule has 4 aromatic rings. The Labute approximate surface area is 206 Å². The van der Waals surface area contributed by atoms with E-state index in [1.807, 2.05) is 19.0 Å². The van der Waals surface area contributed by atoms with Crippen molar-refractivity contribution in [2.24, 2.45) is 0 Å². The van der Waals surface area contributed by atoms with Gasteiger partial charge in [0, 0.05) is 6.54 Å². The van der Waals surface area contributed by atoms with Crippen LogP contribution in [-0.2, 0) is 12.7 Å². The minimum Gasteiger partial charge on any atom is -0.309 e. The number of benzene rings is 2. The average Bonchev–Trinajstić information content (AvgIpc) is 3.41. The highest BCUT2D eigenvalue weighted by Crippen LogP contribution is 2.32. The van der Waals surface area contributed by atoms with Crippen LogP contribution in [0.5, 0.6) is 0 Å². The molecule has 2 heterocycles. The highest BCUT2D eigenvalue weighted by molar-refractivity contribution is 5.63. The number of nitriles is 1. The molecule has 36 heavy (non-hydrogen) atoms. The molecule has 0 aliphatic rings. The zero-order chi connectivity index (χ0) is 26.0. The second-order valence-electron chi connectivity index (χ2n) is 8.70. The Balaban J connectivity index is 1.90. The van der Waals surface area contributed by atoms with E-state index in [2.05, 4.69) is 11.2 Å². The minimum absolute atomic E-state index is 0.143. The summed E-state index contributed by atoms with van der Waals surface area (Å²) in [5, 5.41) is 13.5. The van der Waals surface area contributed by atoms with Crippen LogP contribution in [0.4, 0.5) is 13.2 Å². The second kappa shape index (κ2) is 9.87. The quantitative estimate of drug-likeness (QED) is 0.375. The third-order valence-corrected chi connectivity index (χ3v) is 5.92. The van der Waals surface area contributed by atoms with Crippen molar-refractivity contribution in [2.45, 2.75) is 26.1 Å². The largest absolute Gasteiger partial charge is 0.416 e. The highest BCUT2D eigenvalue weighted by atomic mass is 19.4. The lowest BCUT2D eigenvalue weighted by atomic mass is 10.1. The van der Waals surface area contributed by atoms with Gasteiger partial charge in [-0.25, -0.2) is 9.48 Å². The van der Waals surface area contributed by atoms with Gasteiger partial charge in [0.1, 0.15) is 0 Å². The summed E-state index contributed by atoms with van der Waals surface area (Å²) in [5.41, 5.74) is 1.77. The fraction of sp³-hybridized carbons (Fsp3) is 0.269. The van der Waals surface area contributed by atoms with Gasteiger partial charge in [-0.2, -0.15) is 23.5 Å². The lowest BCUT2D eigenvalue weighted by Crippen LogP contribution is -2.26. The summed E-state index contributed by atoms with van der Waals surface area (Å²) in [5.74, 6) is 0. The van der Waals surface area contributed by atoms with E-state index in [-0.39, 0.29) is 5.69 Å². The molecule has 0 atom stereocenters. The maximum absolute atomic E-state index is 13.6. The maximum Gasteiger partial charge on any atom is 0.416 e. The molecule has 0 aliphatic heterocycles. The zero-order valence-corrected chi connectivity index (χ0v) is 20.1. The molecule has 0 N–H and O–H groups in total. The molecule has 2 aromatic carbocycles. The van der Waals surface area contributed by atoms with Crippen LogP contribution in [0.15, 0.2) is 65.6 Å². The van der Waals surface area contributed by atoms with Crippen LogP contribution in [0.25, 0.3) is 22.8 Å². The average molecular weight is 495 g/mol. The molecular weight excluding hydrogens is 469 g/mol. The molecule has 0 spiro atoms. The van der Waals surface area contributed by atoms with Crippen LogP contribution in [0.3, 0.4) is 0 Å². The Hall–Kier alpha value is -4.10. The molecule has 0 bridgehead atoms. The number of rotatable bonds is 7. The van der Waals surface area contributed by atoms with E-state index < -0.39 is 17.4 Å². The molecule has 0 aliphatic carbocycles. The molecular formula is C26H25F3N6O. The number of nitrogens with zero attached hydrogens (tertiary/aromatic N) is 6. The fourth-order valence-corrected chi connectivity index (χ4v) is 4.23. The first-order valence-corrected chi connectivity index (χ1v) is 11.3. The van der Waals surface area contributed by atoms with Gasteiger partial charge in [0.15, 0.2) is 0 Å². The fourth-order valence-electron chi connectivity index (χ4n) is 4.23. The van der Waals surface area contributed by atoms with Crippen LogP contribution in [0.1, 0.15) is 23.2 Å². The molecule has 10 heteroatoms. The molecule has 7 nitrogen and oxygen atoms in total. The standard InChI is InChI=1S/C26H25F3N6O/c1-18-24(23-12-13-31-35(23)21-10-8-19(17-30)9-11-21)33(15-5-14-32(2)3)25(36)34(18)22-7-4-6-20(16-22)26(27,28)29/h4,6-13,16H,5,14-15H2,1-3H3. The van der Waals surface area contributed by atoms with Crippen LogP contribution < -0.4 is 5.69 Å². The summed E-state index contributed by atoms with van der Waals surface area (Å²) in [4.78, 5) is 15.6. The Morgan fingerprint density at radius 2 is 1.78 bits per heavy atom. The van der Waals surface area contributed by atoms with Gasteiger partial charge in [0.25, 0.3) is 0 Å². The smallest absolute Gasteiger partial charge is 0.309 e. The first kappa shape index (κ1) is 25.0. The van der Waals surface area contributed by atoms with Crippen molar-refractivity contribution in [3.05, 3.63) is 88.1 Å². The monoisotopic (exact) mass is 494 g/mol. The van der Waals surface area contributed by atoms with E-state index >= 15 is 0 Å². The molecule has 0 amide bonds. The van der Waals surface area contributed by atoms with Crippen LogP contribution in [-0.4, -0.2) is 44.5 Å². The molecule has 0 saturated carbocycles. The third kappa shape index (κ3) is 4.83. The number of halogens is 3. The normalized spacial score (nSPS) is 11.7. The number of imidazole rings is 1. The van der Waals surface area contributed by atoms with E-state index in [4.69, 9.17) is 5.26 Å². The Morgan fingerprint density at radius 1 is 1.06 bits per heavy atom. The minimum atomic E-state index is -4.53. The molecule has 2 aromatic heterocycles. The highest BCUT2D eigenvalue weighted by Gasteiger charge is 2.31. The van der Waals surface area contributed by atoms with Crippen molar-refractivity contribution in [1.82, 2.24) is 23.8 Å². The summed E-state index contributed by atoms with van der Waals surface area (Å²) >= 11 is 0. The number of aromatic nitrogens is 4. The van der Waals surface area contributed by atoms with Gasteiger partial charge in [0.05, 0.1) is 51.8 Å². The van der Waals surface area contributed by atoms with Gasteiger partial charge < -0.3 is 4.90 Å². The Morgan fingerprint density at radius 3 is 2.42 bits per heavy atom. The van der Waals surface area contributed by atoms with Crippen molar-refractivity contribution < 1.29 is 13.2 Å². The first-order valence-electron chi connectivity index (χ1n) is 11.3. The van der Waals surface area contributed by atoms with E-state index in [1.165, 1.54) is 16.7 Å². The van der Waals surface area contributed by atoms with E-state index in [1.54, 1.807) is 52.7 Å². The van der Waals surface area contributed by atoms with Gasteiger partial charge in [-0.1, -0.05) is 6.07 Å². The van der Waals surface area contributed by atoms with Crippen molar-refractivity contribution in [3.8, 4) is 28.8 Å². The van der Waals surface area contributed by atoms with Crippen molar-refractivity contribution >= 4 is 0 Å². The number of alkyl halides is 3. The van der Waals surface area contributed by atoms with Crippen LogP contribution in [0, 0.1) is 18.3 Å². The Bertz CT molecular complexity index is 1470. The van der Waals surface area contributed by atoms with Crippen molar-refractivity contribution in [3.63, 3.8) is 0 Å². The molecule has 186 valence electrons. The van der Waals surface area contributed by atoms with E-state index in [9.17, 15) is 18.0 Å². The first-order chi connectivity index (χ1) is 17.1. The molecule has 0 unspecified atom stereocenters. The predicted molar refractivity (Wildman–Crippen MR) is 130 cm³/mol.